The molecule has 0 heterocycles. The lowest BCUT2D eigenvalue weighted by Gasteiger charge is -2.12. The van der Waals surface area contributed by atoms with Crippen LogP contribution in [-0.2, 0) is 13.2 Å². The highest BCUT2D eigenvalue weighted by Crippen LogP contribution is 2.34. The van der Waals surface area contributed by atoms with Crippen molar-refractivity contribution in [2.24, 2.45) is 10.2 Å². The highest BCUT2D eigenvalue weighted by molar-refractivity contribution is 5.55. The van der Waals surface area contributed by atoms with E-state index in [2.05, 4.69) is 10.2 Å². The average molecular weight is 439 g/mol. The number of non-ortho nitro benzene ring substituents is 1. The zero-order chi connectivity index (χ0) is 22.9. The second kappa shape index (κ2) is 10.7. The quantitative estimate of drug-likeness (QED) is 0.157. The fourth-order valence-electron chi connectivity index (χ4n) is 3.01. The largest absolute Gasteiger partial charge is 0.489 e. The number of azo groups is 1. The normalized spacial score (nSPS) is 10.8. The van der Waals surface area contributed by atoms with Crippen LogP contribution in [0.15, 0.2) is 113 Å². The lowest BCUT2D eigenvalue weighted by atomic mass is 10.2. The Labute approximate surface area is 191 Å². The van der Waals surface area contributed by atoms with Crippen molar-refractivity contribution in [2.45, 2.75) is 13.2 Å². The van der Waals surface area contributed by atoms with E-state index in [1.165, 1.54) is 12.1 Å². The molecule has 0 unspecified atom stereocenters. The van der Waals surface area contributed by atoms with Crippen molar-refractivity contribution >= 4 is 17.1 Å². The minimum absolute atomic E-state index is 0.000696. The van der Waals surface area contributed by atoms with Crippen LogP contribution in [0.2, 0.25) is 0 Å². The highest BCUT2D eigenvalue weighted by Gasteiger charge is 2.08. The van der Waals surface area contributed by atoms with Crippen LogP contribution < -0.4 is 9.47 Å². The van der Waals surface area contributed by atoms with Crippen LogP contribution in [0.4, 0.5) is 17.1 Å². The SMILES string of the molecule is O=[N+]([O-])c1ccc(N=Nc2ccc(OCc3ccccc3)cc2OCc2ccccc2)cc1. The molecule has 4 rings (SSSR count). The zero-order valence-electron chi connectivity index (χ0n) is 17.7. The number of benzene rings is 4. The maximum absolute atomic E-state index is 10.8. The van der Waals surface area contributed by atoms with Gasteiger partial charge >= 0.3 is 0 Å². The van der Waals surface area contributed by atoms with Gasteiger partial charge in [0.1, 0.15) is 24.7 Å². The van der Waals surface area contributed by atoms with E-state index in [9.17, 15) is 10.1 Å². The smallest absolute Gasteiger partial charge is 0.269 e. The van der Waals surface area contributed by atoms with Crippen molar-refractivity contribution in [3.8, 4) is 11.5 Å². The zero-order valence-corrected chi connectivity index (χ0v) is 17.7. The molecule has 0 fully saturated rings. The molecule has 0 saturated heterocycles. The van der Waals surface area contributed by atoms with Crippen LogP contribution in [0.5, 0.6) is 11.5 Å². The number of rotatable bonds is 9. The van der Waals surface area contributed by atoms with Crippen molar-refractivity contribution < 1.29 is 14.4 Å². The molecule has 0 aliphatic heterocycles. The summed E-state index contributed by atoms with van der Waals surface area (Å²) in [5.41, 5.74) is 3.11. The molecule has 0 radical (unpaired) electrons. The van der Waals surface area contributed by atoms with Gasteiger partial charge < -0.3 is 9.47 Å². The molecule has 7 nitrogen and oxygen atoms in total. The van der Waals surface area contributed by atoms with Gasteiger partial charge in [0.05, 0.1) is 10.6 Å². The van der Waals surface area contributed by atoms with Gasteiger partial charge in [-0.15, -0.1) is 5.11 Å². The Balaban J connectivity index is 1.53. The first-order valence-electron chi connectivity index (χ1n) is 10.3. The second-order valence-electron chi connectivity index (χ2n) is 7.15. The molecular formula is C26H21N3O4. The Bertz CT molecular complexity index is 1230. The maximum Gasteiger partial charge on any atom is 0.269 e. The monoisotopic (exact) mass is 439 g/mol. The summed E-state index contributed by atoms with van der Waals surface area (Å²) in [5.74, 6) is 1.17. The predicted molar refractivity (Wildman–Crippen MR) is 125 cm³/mol. The Morgan fingerprint density at radius 2 is 1.30 bits per heavy atom. The van der Waals surface area contributed by atoms with Gasteiger partial charge in [0.25, 0.3) is 5.69 Å². The molecule has 164 valence electrons. The van der Waals surface area contributed by atoms with Gasteiger partial charge in [-0.3, -0.25) is 10.1 Å². The van der Waals surface area contributed by atoms with Gasteiger partial charge in [-0.1, -0.05) is 60.7 Å². The van der Waals surface area contributed by atoms with Gasteiger partial charge in [-0.25, -0.2) is 0 Å². The van der Waals surface area contributed by atoms with Crippen molar-refractivity contribution in [3.63, 3.8) is 0 Å². The molecule has 0 aromatic heterocycles. The van der Waals surface area contributed by atoms with Crippen LogP contribution >= 0.6 is 0 Å². The summed E-state index contributed by atoms with van der Waals surface area (Å²) in [6.07, 6.45) is 0. The van der Waals surface area contributed by atoms with E-state index in [1.54, 1.807) is 24.3 Å². The molecule has 0 atom stereocenters. The molecule has 0 aliphatic rings. The van der Waals surface area contributed by atoms with Crippen molar-refractivity contribution in [1.29, 1.82) is 0 Å². The topological polar surface area (TPSA) is 86.3 Å². The number of hydrogen-bond donors (Lipinski definition) is 0. The minimum Gasteiger partial charge on any atom is -0.489 e. The summed E-state index contributed by atoms with van der Waals surface area (Å²) in [5, 5.41) is 19.3. The summed E-state index contributed by atoms with van der Waals surface area (Å²) in [4.78, 5) is 10.4. The highest BCUT2D eigenvalue weighted by atomic mass is 16.6. The van der Waals surface area contributed by atoms with Crippen molar-refractivity contribution in [3.05, 3.63) is 124 Å². The van der Waals surface area contributed by atoms with Gasteiger partial charge in [0.2, 0.25) is 0 Å². The average Bonchev–Trinajstić information content (AvgIpc) is 2.87. The van der Waals surface area contributed by atoms with E-state index in [0.29, 0.717) is 36.1 Å². The fraction of sp³-hybridized carbons (Fsp3) is 0.0769. The fourth-order valence-corrected chi connectivity index (χ4v) is 3.01. The van der Waals surface area contributed by atoms with Gasteiger partial charge in [0.15, 0.2) is 5.75 Å². The Morgan fingerprint density at radius 3 is 1.91 bits per heavy atom. The summed E-state index contributed by atoms with van der Waals surface area (Å²) in [7, 11) is 0. The predicted octanol–water partition coefficient (Wildman–Crippen LogP) is 7.17. The van der Waals surface area contributed by atoms with E-state index < -0.39 is 4.92 Å². The number of nitrogens with zero attached hydrogens (tertiary/aromatic N) is 3. The van der Waals surface area contributed by atoms with Gasteiger partial charge in [-0.05, 0) is 35.4 Å². The maximum atomic E-state index is 10.8. The first kappa shape index (κ1) is 21.7. The van der Waals surface area contributed by atoms with Crippen LogP contribution in [0.1, 0.15) is 11.1 Å². The van der Waals surface area contributed by atoms with Crippen LogP contribution in [-0.4, -0.2) is 4.92 Å². The van der Waals surface area contributed by atoms with Crippen molar-refractivity contribution in [2.75, 3.05) is 0 Å². The molecule has 0 N–H and O–H groups in total. The lowest BCUT2D eigenvalue weighted by Crippen LogP contribution is -1.98. The summed E-state index contributed by atoms with van der Waals surface area (Å²) < 4.78 is 12.0. The molecule has 0 amide bonds. The Hall–Kier alpha value is -4.52. The van der Waals surface area contributed by atoms with Crippen molar-refractivity contribution in [1.82, 2.24) is 0 Å². The number of hydrogen-bond acceptors (Lipinski definition) is 6. The molecule has 0 spiro atoms. The standard InChI is InChI=1S/C26H21N3O4/c30-29(31)23-13-11-22(12-14-23)27-28-25-16-15-24(32-18-20-7-3-1-4-8-20)17-26(25)33-19-21-9-5-2-6-10-21/h1-17H,18-19H2. The number of ether oxygens (including phenoxy) is 2. The third-order valence-electron chi connectivity index (χ3n) is 4.75. The molecule has 0 saturated carbocycles. The van der Waals surface area contributed by atoms with E-state index in [4.69, 9.17) is 9.47 Å². The molecule has 4 aromatic carbocycles. The number of nitro benzene ring substituents is 1. The first-order chi connectivity index (χ1) is 16.2. The van der Waals surface area contributed by atoms with E-state index in [1.807, 2.05) is 66.7 Å². The molecule has 0 bridgehead atoms. The van der Waals surface area contributed by atoms with Gasteiger partial charge in [0, 0.05) is 18.2 Å². The van der Waals surface area contributed by atoms with Crippen LogP contribution in [0.25, 0.3) is 0 Å². The van der Waals surface area contributed by atoms with Crippen LogP contribution in [0, 0.1) is 10.1 Å². The van der Waals surface area contributed by atoms with E-state index in [-0.39, 0.29) is 5.69 Å². The van der Waals surface area contributed by atoms with Gasteiger partial charge in [-0.2, -0.15) is 5.11 Å². The van der Waals surface area contributed by atoms with E-state index in [0.717, 1.165) is 11.1 Å². The molecule has 7 heteroatoms. The Kier molecular flexibility index (Phi) is 7.02. The van der Waals surface area contributed by atoms with Crippen LogP contribution in [0.3, 0.4) is 0 Å². The molecular weight excluding hydrogens is 418 g/mol. The summed E-state index contributed by atoms with van der Waals surface area (Å²) in [6.45, 7) is 0.797. The second-order valence-corrected chi connectivity index (χ2v) is 7.15. The molecule has 33 heavy (non-hydrogen) atoms. The minimum atomic E-state index is -0.454. The molecule has 0 aliphatic carbocycles. The number of nitro groups is 1. The summed E-state index contributed by atoms with van der Waals surface area (Å²) >= 11 is 0. The first-order valence-corrected chi connectivity index (χ1v) is 10.3. The lowest BCUT2D eigenvalue weighted by molar-refractivity contribution is -0.384. The third-order valence-corrected chi connectivity index (χ3v) is 4.75. The Morgan fingerprint density at radius 1 is 0.697 bits per heavy atom. The van der Waals surface area contributed by atoms with E-state index >= 15 is 0 Å². The third kappa shape index (κ3) is 6.24. The summed E-state index contributed by atoms with van der Waals surface area (Å²) in [6, 6.07) is 30.9. The molecule has 4 aromatic rings.